The third kappa shape index (κ3) is 6.19. The molecule has 0 aliphatic carbocycles. The predicted molar refractivity (Wildman–Crippen MR) is 142 cm³/mol. The third-order valence-electron chi connectivity index (χ3n) is 6.61. The normalized spacial score (nSPS) is 18.3. The fraction of sp³-hybridized carbons (Fsp3) is 0.522. The number of halogens is 2. The van der Waals surface area contributed by atoms with Crippen molar-refractivity contribution in [2.75, 3.05) is 44.4 Å². The van der Waals surface area contributed by atoms with Crippen LogP contribution in [0, 0.1) is 0 Å². The number of amides is 1. The minimum Gasteiger partial charge on any atom is -0.446 e. The molecule has 0 N–H and O–H groups in total. The van der Waals surface area contributed by atoms with E-state index in [4.69, 9.17) is 27.9 Å². The molecule has 2 aliphatic rings. The second-order valence-electron chi connectivity index (χ2n) is 8.79. The average molecular weight is 575 g/mol. The number of piperidine rings is 2. The second-order valence-corrected chi connectivity index (χ2v) is 12.3. The van der Waals surface area contributed by atoms with Gasteiger partial charge in [0.05, 0.1) is 5.02 Å². The van der Waals surface area contributed by atoms with Gasteiger partial charge < -0.3 is 14.5 Å². The summed E-state index contributed by atoms with van der Waals surface area (Å²) in [5.41, 5.74) is 0. The van der Waals surface area contributed by atoms with Crippen molar-refractivity contribution in [3.63, 3.8) is 0 Å². The van der Waals surface area contributed by atoms with Gasteiger partial charge >= 0.3 is 6.09 Å². The SMILES string of the molecule is CSc1nccc(N2CCC(N(C)C(=O)OC3CCN(S(=O)(=O)c4ccc(Cl)cc4Cl)CC3)CC2)n1. The fourth-order valence-electron chi connectivity index (χ4n) is 4.48. The Morgan fingerprint density at radius 2 is 1.81 bits per heavy atom. The van der Waals surface area contributed by atoms with E-state index in [9.17, 15) is 13.2 Å². The Bertz CT molecular complexity index is 1190. The van der Waals surface area contributed by atoms with E-state index in [1.807, 2.05) is 12.3 Å². The molecule has 0 spiro atoms. The van der Waals surface area contributed by atoms with E-state index in [0.717, 1.165) is 36.9 Å². The summed E-state index contributed by atoms with van der Waals surface area (Å²) in [6, 6.07) is 6.32. The molecule has 13 heteroatoms. The maximum atomic E-state index is 13.0. The number of carbonyl (C=O) groups excluding carboxylic acids is 1. The lowest BCUT2D eigenvalue weighted by atomic mass is 10.0. The van der Waals surface area contributed by atoms with Crippen LogP contribution in [0.2, 0.25) is 10.0 Å². The Labute approximate surface area is 226 Å². The molecule has 1 aromatic carbocycles. The molecule has 2 saturated heterocycles. The van der Waals surface area contributed by atoms with E-state index in [1.165, 1.54) is 34.3 Å². The van der Waals surface area contributed by atoms with Gasteiger partial charge in [0.1, 0.15) is 16.8 Å². The number of ether oxygens (including phenoxy) is 1. The summed E-state index contributed by atoms with van der Waals surface area (Å²) >= 11 is 13.5. The van der Waals surface area contributed by atoms with Crippen LogP contribution in [-0.2, 0) is 14.8 Å². The minimum absolute atomic E-state index is 0.0294. The van der Waals surface area contributed by atoms with E-state index in [-0.39, 0.29) is 41.2 Å². The van der Waals surface area contributed by atoms with Gasteiger partial charge in [-0.1, -0.05) is 35.0 Å². The Balaban J connectivity index is 1.26. The highest BCUT2D eigenvalue weighted by Crippen LogP contribution is 2.30. The number of hydrogen-bond acceptors (Lipinski definition) is 8. The second kappa shape index (κ2) is 11.7. The molecule has 0 atom stereocenters. The van der Waals surface area contributed by atoms with Crippen LogP contribution in [0.4, 0.5) is 10.6 Å². The van der Waals surface area contributed by atoms with Gasteiger partial charge in [-0.2, -0.15) is 4.31 Å². The summed E-state index contributed by atoms with van der Waals surface area (Å²) in [6.45, 7) is 2.07. The number of aromatic nitrogens is 2. The van der Waals surface area contributed by atoms with Crippen LogP contribution >= 0.6 is 35.0 Å². The molecule has 196 valence electrons. The number of thioether (sulfide) groups is 1. The van der Waals surface area contributed by atoms with Gasteiger partial charge in [0.15, 0.2) is 5.16 Å². The predicted octanol–water partition coefficient (Wildman–Crippen LogP) is 4.40. The molecule has 0 radical (unpaired) electrons. The topological polar surface area (TPSA) is 95.9 Å². The van der Waals surface area contributed by atoms with Crippen LogP contribution < -0.4 is 4.90 Å². The summed E-state index contributed by atoms with van der Waals surface area (Å²) in [5, 5.41) is 1.21. The van der Waals surface area contributed by atoms with E-state index in [0.29, 0.717) is 17.9 Å². The summed E-state index contributed by atoms with van der Waals surface area (Å²) in [7, 11) is -1.99. The van der Waals surface area contributed by atoms with Crippen LogP contribution in [0.5, 0.6) is 0 Å². The van der Waals surface area contributed by atoms with Crippen LogP contribution in [0.25, 0.3) is 0 Å². The molecule has 36 heavy (non-hydrogen) atoms. The zero-order chi connectivity index (χ0) is 25.9. The summed E-state index contributed by atoms with van der Waals surface area (Å²) in [4.78, 5) is 25.5. The van der Waals surface area contributed by atoms with Gasteiger partial charge in [0.2, 0.25) is 10.0 Å². The van der Waals surface area contributed by atoms with E-state index in [2.05, 4.69) is 14.9 Å². The fourth-order valence-corrected chi connectivity index (χ4v) is 7.04. The number of sulfonamides is 1. The number of carbonyl (C=O) groups is 1. The Kier molecular flexibility index (Phi) is 8.87. The summed E-state index contributed by atoms with van der Waals surface area (Å²) in [6.07, 6.45) is 5.47. The van der Waals surface area contributed by atoms with Crippen LogP contribution in [0.3, 0.4) is 0 Å². The van der Waals surface area contributed by atoms with Gasteiger partial charge in [-0.25, -0.2) is 23.2 Å². The number of nitrogens with zero attached hydrogens (tertiary/aromatic N) is 5. The van der Waals surface area contributed by atoms with Crippen LogP contribution in [0.15, 0.2) is 40.5 Å². The maximum absolute atomic E-state index is 13.0. The molecular weight excluding hydrogens is 545 g/mol. The van der Waals surface area contributed by atoms with Crippen molar-refractivity contribution >= 4 is 56.9 Å². The quantitative estimate of drug-likeness (QED) is 0.370. The first-order valence-electron chi connectivity index (χ1n) is 11.7. The molecule has 2 aromatic rings. The first-order valence-corrected chi connectivity index (χ1v) is 15.1. The summed E-state index contributed by atoms with van der Waals surface area (Å²) < 4.78 is 33.1. The van der Waals surface area contributed by atoms with Crippen molar-refractivity contribution in [2.45, 2.75) is 47.9 Å². The molecular formula is C23H29Cl2N5O4S2. The summed E-state index contributed by atoms with van der Waals surface area (Å²) in [5.74, 6) is 0.902. The Morgan fingerprint density at radius 3 is 2.44 bits per heavy atom. The molecule has 2 fully saturated rings. The first kappa shape index (κ1) is 27.3. The van der Waals surface area contributed by atoms with Crippen LogP contribution in [0.1, 0.15) is 25.7 Å². The van der Waals surface area contributed by atoms with E-state index >= 15 is 0 Å². The zero-order valence-electron chi connectivity index (χ0n) is 20.1. The molecule has 2 aliphatic heterocycles. The molecule has 1 amide bonds. The lowest BCUT2D eigenvalue weighted by molar-refractivity contribution is 0.0349. The van der Waals surface area contributed by atoms with Gasteiger partial charge in [-0.3, -0.25) is 0 Å². The standard InChI is InChI=1S/C23H29Cl2N5O4S2/c1-28(17-6-11-29(12-7-17)21-5-10-26-22(27-21)35-2)23(31)34-18-8-13-30(14-9-18)36(32,33)20-4-3-16(24)15-19(20)25/h3-5,10,15,17-18H,6-9,11-14H2,1-2H3. The average Bonchev–Trinajstić information content (AvgIpc) is 2.88. The monoisotopic (exact) mass is 573 g/mol. The lowest BCUT2D eigenvalue weighted by Gasteiger charge is -2.38. The minimum atomic E-state index is -3.75. The lowest BCUT2D eigenvalue weighted by Crippen LogP contribution is -2.47. The zero-order valence-corrected chi connectivity index (χ0v) is 23.3. The third-order valence-corrected chi connectivity index (χ3v) is 9.78. The number of benzene rings is 1. The van der Waals surface area contributed by atoms with Gasteiger partial charge in [-0.15, -0.1) is 0 Å². The molecule has 3 heterocycles. The van der Waals surface area contributed by atoms with Crippen molar-refractivity contribution in [1.29, 1.82) is 0 Å². The van der Waals surface area contributed by atoms with E-state index in [1.54, 1.807) is 18.1 Å². The van der Waals surface area contributed by atoms with Gasteiger partial charge in [0, 0.05) is 50.5 Å². The highest BCUT2D eigenvalue weighted by atomic mass is 35.5. The Hall–Kier alpha value is -1.79. The number of hydrogen-bond donors (Lipinski definition) is 0. The Morgan fingerprint density at radius 1 is 1.11 bits per heavy atom. The highest BCUT2D eigenvalue weighted by Gasteiger charge is 2.34. The first-order chi connectivity index (χ1) is 17.2. The van der Waals surface area contributed by atoms with Crippen molar-refractivity contribution < 1.29 is 17.9 Å². The molecule has 0 unspecified atom stereocenters. The van der Waals surface area contributed by atoms with Crippen molar-refractivity contribution in [3.8, 4) is 0 Å². The smallest absolute Gasteiger partial charge is 0.410 e. The van der Waals surface area contributed by atoms with Crippen molar-refractivity contribution in [1.82, 2.24) is 19.2 Å². The molecule has 4 rings (SSSR count). The molecule has 0 bridgehead atoms. The van der Waals surface area contributed by atoms with Crippen molar-refractivity contribution in [2.24, 2.45) is 0 Å². The van der Waals surface area contributed by atoms with Gasteiger partial charge in [0.25, 0.3) is 0 Å². The number of anilines is 1. The molecule has 0 saturated carbocycles. The number of rotatable bonds is 6. The van der Waals surface area contributed by atoms with Gasteiger partial charge in [-0.05, 0) is 56.2 Å². The molecule has 9 nitrogen and oxygen atoms in total. The van der Waals surface area contributed by atoms with E-state index < -0.39 is 10.0 Å². The highest BCUT2D eigenvalue weighted by molar-refractivity contribution is 7.98. The van der Waals surface area contributed by atoms with Crippen molar-refractivity contribution in [3.05, 3.63) is 40.5 Å². The maximum Gasteiger partial charge on any atom is 0.410 e. The van der Waals surface area contributed by atoms with Crippen LogP contribution in [-0.4, -0.2) is 85.3 Å². The molecule has 1 aromatic heterocycles. The largest absolute Gasteiger partial charge is 0.446 e.